The number of hydrogen-bond acceptors (Lipinski definition) is 5. The van der Waals surface area contributed by atoms with Crippen LogP contribution in [0, 0.1) is 0 Å². The van der Waals surface area contributed by atoms with Crippen LogP contribution in [0.25, 0.3) is 0 Å². The molecule has 4 nitrogen and oxygen atoms in total. The van der Waals surface area contributed by atoms with Crippen LogP contribution in [-0.4, -0.2) is 27.4 Å². The highest BCUT2D eigenvalue weighted by Gasteiger charge is 2.20. The molecular formula is C16H19NO3S. The summed E-state index contributed by atoms with van der Waals surface area (Å²) in [6, 6.07) is 8.19. The lowest BCUT2D eigenvalue weighted by molar-refractivity contribution is 0.297. The maximum atomic E-state index is 5.78. The summed E-state index contributed by atoms with van der Waals surface area (Å²) >= 11 is 1.68. The van der Waals surface area contributed by atoms with Crippen LogP contribution in [0.1, 0.15) is 22.9 Å². The zero-order valence-electron chi connectivity index (χ0n) is 12.2. The summed E-state index contributed by atoms with van der Waals surface area (Å²) < 4.78 is 16.9. The lowest BCUT2D eigenvalue weighted by Crippen LogP contribution is -2.17. The summed E-state index contributed by atoms with van der Waals surface area (Å²) in [7, 11) is 3.65. The predicted molar refractivity (Wildman–Crippen MR) is 83.8 cm³/mol. The molecule has 0 aliphatic carbocycles. The number of thiophene rings is 1. The van der Waals surface area contributed by atoms with Gasteiger partial charge in [-0.15, -0.1) is 11.3 Å². The molecule has 1 aromatic carbocycles. The number of fused-ring (bicyclic) bond motifs is 1. The molecule has 5 heteroatoms. The van der Waals surface area contributed by atoms with Crippen LogP contribution in [0.2, 0.25) is 0 Å². The molecule has 1 aromatic heterocycles. The minimum Gasteiger partial charge on any atom is -0.496 e. The van der Waals surface area contributed by atoms with Crippen molar-refractivity contribution in [2.75, 3.05) is 27.4 Å². The van der Waals surface area contributed by atoms with E-state index in [9.17, 15) is 0 Å². The predicted octanol–water partition coefficient (Wildman–Crippen LogP) is 3.23. The monoisotopic (exact) mass is 305 g/mol. The van der Waals surface area contributed by atoms with Gasteiger partial charge in [-0.1, -0.05) is 6.07 Å². The minimum atomic E-state index is 0.0807. The number of nitrogens with one attached hydrogen (secondary N) is 1. The Hall–Kier alpha value is -1.72. The zero-order valence-corrected chi connectivity index (χ0v) is 13.0. The van der Waals surface area contributed by atoms with Gasteiger partial charge in [0, 0.05) is 6.42 Å². The Morgan fingerprint density at radius 3 is 2.76 bits per heavy atom. The molecule has 1 N–H and O–H groups in total. The molecule has 0 radical (unpaired) electrons. The Labute approximate surface area is 128 Å². The Morgan fingerprint density at radius 2 is 2.00 bits per heavy atom. The molecule has 21 heavy (non-hydrogen) atoms. The summed E-state index contributed by atoms with van der Waals surface area (Å²) in [4.78, 5) is 1.16. The topological polar surface area (TPSA) is 39.7 Å². The van der Waals surface area contributed by atoms with Crippen LogP contribution in [0.15, 0.2) is 29.6 Å². The van der Waals surface area contributed by atoms with Gasteiger partial charge < -0.3 is 19.5 Å². The van der Waals surface area contributed by atoms with Crippen LogP contribution < -0.4 is 19.5 Å². The largest absolute Gasteiger partial charge is 0.496 e. The van der Waals surface area contributed by atoms with Crippen LogP contribution in [0.5, 0.6) is 17.2 Å². The lowest BCUT2D eigenvalue weighted by atomic mass is 10.0. The van der Waals surface area contributed by atoms with E-state index < -0.39 is 0 Å². The van der Waals surface area contributed by atoms with E-state index in [-0.39, 0.29) is 6.04 Å². The molecule has 2 aromatic rings. The van der Waals surface area contributed by atoms with Crippen molar-refractivity contribution in [3.8, 4) is 17.2 Å². The normalized spacial score (nSPS) is 15.3. The molecule has 0 amide bonds. The highest BCUT2D eigenvalue weighted by molar-refractivity contribution is 7.10. The molecule has 0 fully saturated rings. The fraction of sp³-hybridized carbons (Fsp3) is 0.375. The van der Waals surface area contributed by atoms with Crippen molar-refractivity contribution < 1.29 is 14.2 Å². The van der Waals surface area contributed by atoms with E-state index in [1.165, 1.54) is 0 Å². The number of methoxy groups -OCH3 is 1. The van der Waals surface area contributed by atoms with E-state index in [0.29, 0.717) is 13.2 Å². The molecular weight excluding hydrogens is 286 g/mol. The second-order valence-corrected chi connectivity index (χ2v) is 5.78. The summed E-state index contributed by atoms with van der Waals surface area (Å²) in [5, 5.41) is 5.40. The van der Waals surface area contributed by atoms with Gasteiger partial charge >= 0.3 is 0 Å². The molecule has 1 aliphatic rings. The van der Waals surface area contributed by atoms with Crippen LogP contribution >= 0.6 is 11.3 Å². The van der Waals surface area contributed by atoms with Gasteiger partial charge in [0.15, 0.2) is 11.5 Å². The number of hydrogen-bond donors (Lipinski definition) is 1. The van der Waals surface area contributed by atoms with Crippen molar-refractivity contribution in [3.05, 3.63) is 40.1 Å². The Morgan fingerprint density at radius 1 is 1.19 bits per heavy atom. The van der Waals surface area contributed by atoms with E-state index in [1.807, 2.05) is 24.6 Å². The fourth-order valence-electron chi connectivity index (χ4n) is 2.50. The van der Waals surface area contributed by atoms with Crippen LogP contribution in [0.3, 0.4) is 0 Å². The highest BCUT2D eigenvalue weighted by Crippen LogP contribution is 2.38. The van der Waals surface area contributed by atoms with Gasteiger partial charge in [0.25, 0.3) is 0 Å². The molecule has 112 valence electrons. The molecule has 2 heterocycles. The van der Waals surface area contributed by atoms with Crippen LogP contribution in [-0.2, 0) is 0 Å². The first-order chi connectivity index (χ1) is 10.3. The minimum absolute atomic E-state index is 0.0807. The van der Waals surface area contributed by atoms with Gasteiger partial charge in [-0.05, 0) is 36.2 Å². The van der Waals surface area contributed by atoms with Crippen molar-refractivity contribution >= 4 is 11.3 Å². The third kappa shape index (κ3) is 2.84. The van der Waals surface area contributed by atoms with Gasteiger partial charge in [-0.3, -0.25) is 0 Å². The highest BCUT2D eigenvalue weighted by atomic mass is 32.1. The van der Waals surface area contributed by atoms with E-state index >= 15 is 0 Å². The van der Waals surface area contributed by atoms with Crippen LogP contribution in [0.4, 0.5) is 0 Å². The second-order valence-electron chi connectivity index (χ2n) is 4.83. The molecule has 0 bridgehead atoms. The summed E-state index contributed by atoms with van der Waals surface area (Å²) in [5.74, 6) is 2.55. The van der Waals surface area contributed by atoms with Gasteiger partial charge in [-0.25, -0.2) is 0 Å². The average Bonchev–Trinajstić information content (AvgIpc) is 2.85. The summed E-state index contributed by atoms with van der Waals surface area (Å²) in [6.07, 6.45) is 0.915. The maximum absolute atomic E-state index is 5.78. The quantitative estimate of drug-likeness (QED) is 0.941. The maximum Gasteiger partial charge on any atom is 0.161 e. The standard InChI is InChI=1S/C16H19NO3S/c1-17-15(16-13(18-2)6-9-21-16)11-4-5-12-14(10-11)20-8-3-7-19-12/h4-6,9-10,15,17H,3,7-8H2,1-2H3. The smallest absolute Gasteiger partial charge is 0.161 e. The van der Waals surface area contributed by atoms with Gasteiger partial charge in [0.05, 0.1) is 31.2 Å². The second kappa shape index (κ2) is 6.37. The van der Waals surface area contributed by atoms with Crippen molar-refractivity contribution in [3.63, 3.8) is 0 Å². The average molecular weight is 305 g/mol. The first-order valence-corrected chi connectivity index (χ1v) is 7.89. The van der Waals surface area contributed by atoms with Gasteiger partial charge in [0.1, 0.15) is 5.75 Å². The Kier molecular flexibility index (Phi) is 4.31. The van der Waals surface area contributed by atoms with E-state index in [4.69, 9.17) is 14.2 Å². The molecule has 1 aliphatic heterocycles. The molecule has 0 spiro atoms. The Bertz CT molecular complexity index is 611. The summed E-state index contributed by atoms with van der Waals surface area (Å²) in [5.41, 5.74) is 1.14. The molecule has 0 saturated heterocycles. The van der Waals surface area contributed by atoms with E-state index in [2.05, 4.69) is 17.4 Å². The number of rotatable bonds is 4. The number of benzene rings is 1. The first kappa shape index (κ1) is 14.2. The zero-order chi connectivity index (χ0) is 14.7. The van der Waals surface area contributed by atoms with Crippen molar-refractivity contribution in [1.29, 1.82) is 0 Å². The van der Waals surface area contributed by atoms with Gasteiger partial charge in [-0.2, -0.15) is 0 Å². The molecule has 0 saturated carbocycles. The SMILES string of the molecule is CNC(c1ccc2c(c1)OCCCO2)c1sccc1OC. The third-order valence-electron chi connectivity index (χ3n) is 3.53. The fourth-order valence-corrected chi connectivity index (χ4v) is 3.49. The lowest BCUT2D eigenvalue weighted by Gasteiger charge is -2.18. The van der Waals surface area contributed by atoms with Gasteiger partial charge in [0.2, 0.25) is 0 Å². The number of ether oxygens (including phenoxy) is 3. The molecule has 1 unspecified atom stereocenters. The first-order valence-electron chi connectivity index (χ1n) is 7.01. The summed E-state index contributed by atoms with van der Waals surface area (Å²) in [6.45, 7) is 1.41. The Balaban J connectivity index is 1.96. The van der Waals surface area contributed by atoms with Crippen molar-refractivity contribution in [2.45, 2.75) is 12.5 Å². The third-order valence-corrected chi connectivity index (χ3v) is 4.50. The molecule has 3 rings (SSSR count). The van der Waals surface area contributed by atoms with E-state index in [0.717, 1.165) is 34.1 Å². The van der Waals surface area contributed by atoms with Crippen molar-refractivity contribution in [1.82, 2.24) is 5.32 Å². The van der Waals surface area contributed by atoms with E-state index in [1.54, 1.807) is 18.4 Å². The molecule has 1 atom stereocenters. The van der Waals surface area contributed by atoms with Crippen molar-refractivity contribution in [2.24, 2.45) is 0 Å².